The molecule has 0 aromatic heterocycles. The summed E-state index contributed by atoms with van der Waals surface area (Å²) in [5.74, 6) is -3.35. The van der Waals surface area contributed by atoms with Crippen LogP contribution in [-0.4, -0.2) is 131 Å². The second-order valence-electron chi connectivity index (χ2n) is 12.8. The normalized spacial score (nSPS) is 12.2. The van der Waals surface area contributed by atoms with Crippen LogP contribution in [0.15, 0.2) is 0 Å². The SMILES string of the molecule is CC(C)(CC(=O)O)CC(C)(C)CC(=O)NCCOCCOCC(=O)NCCOCCOCC(=O)NC(CCCCNC(=O)CN)C(=O)O. The fraction of sp³-hybridized carbons (Fsp3) is 0.806. The Labute approximate surface area is 282 Å². The van der Waals surface area contributed by atoms with Crippen molar-refractivity contribution in [2.75, 3.05) is 79.0 Å². The third-order valence-corrected chi connectivity index (χ3v) is 6.63. The first kappa shape index (κ1) is 44.6. The van der Waals surface area contributed by atoms with E-state index in [1.165, 1.54) is 0 Å². The van der Waals surface area contributed by atoms with Crippen molar-refractivity contribution in [3.05, 3.63) is 0 Å². The number of hydrogen-bond acceptors (Lipinski definition) is 11. The Bertz CT molecular complexity index is 993. The van der Waals surface area contributed by atoms with E-state index in [1.54, 1.807) is 0 Å². The topological polar surface area (TPSA) is 254 Å². The van der Waals surface area contributed by atoms with Crippen LogP contribution in [0, 0.1) is 10.8 Å². The van der Waals surface area contributed by atoms with E-state index in [1.807, 2.05) is 27.7 Å². The summed E-state index contributed by atoms with van der Waals surface area (Å²) in [5, 5.41) is 28.8. The molecule has 278 valence electrons. The fourth-order valence-electron chi connectivity index (χ4n) is 4.94. The number of carboxylic acid groups (broad SMARTS) is 2. The highest BCUT2D eigenvalue weighted by molar-refractivity contribution is 5.84. The molecule has 0 bridgehead atoms. The van der Waals surface area contributed by atoms with Crippen LogP contribution in [0.2, 0.25) is 0 Å². The number of hydrogen-bond donors (Lipinski definition) is 7. The Morgan fingerprint density at radius 3 is 1.67 bits per heavy atom. The van der Waals surface area contributed by atoms with Gasteiger partial charge in [0.25, 0.3) is 0 Å². The van der Waals surface area contributed by atoms with Crippen molar-refractivity contribution in [1.82, 2.24) is 21.3 Å². The predicted octanol–water partition coefficient (Wildman–Crippen LogP) is -0.593. The number of nitrogens with one attached hydrogen (secondary N) is 4. The molecule has 0 aliphatic carbocycles. The maximum absolute atomic E-state index is 12.3. The quantitative estimate of drug-likeness (QED) is 0.0466. The molecule has 1 unspecified atom stereocenters. The maximum atomic E-state index is 12.3. The summed E-state index contributed by atoms with van der Waals surface area (Å²) in [7, 11) is 0. The number of unbranched alkanes of at least 4 members (excludes halogenated alkanes) is 1. The molecule has 48 heavy (non-hydrogen) atoms. The van der Waals surface area contributed by atoms with Crippen LogP contribution in [0.1, 0.15) is 66.2 Å². The van der Waals surface area contributed by atoms with Crippen LogP contribution in [0.4, 0.5) is 0 Å². The van der Waals surface area contributed by atoms with Crippen molar-refractivity contribution in [2.45, 2.75) is 72.3 Å². The summed E-state index contributed by atoms with van der Waals surface area (Å²) in [5.41, 5.74) is 4.41. The Morgan fingerprint density at radius 2 is 1.12 bits per heavy atom. The van der Waals surface area contributed by atoms with Crippen molar-refractivity contribution < 1.29 is 57.9 Å². The average molecular weight is 692 g/mol. The zero-order valence-electron chi connectivity index (χ0n) is 28.9. The fourth-order valence-corrected chi connectivity index (χ4v) is 4.94. The van der Waals surface area contributed by atoms with Gasteiger partial charge in [0.2, 0.25) is 23.6 Å². The standard InChI is InChI=1S/C31H57N5O12/c1-30(2,22-31(3,4)18-28(41)42)17-24(37)34-9-11-45-13-15-47-20-26(39)35-10-12-46-14-16-48-21-27(40)36-23(29(43)44)7-5-6-8-33-25(38)19-32/h23H,5-22,32H2,1-4H3,(H,33,38)(H,34,37)(H,35,39)(H,36,40)(H,41,42)(H,43,44). The largest absolute Gasteiger partial charge is 0.481 e. The van der Waals surface area contributed by atoms with Gasteiger partial charge in [-0.1, -0.05) is 27.7 Å². The molecule has 0 rings (SSSR count). The van der Waals surface area contributed by atoms with Crippen LogP contribution >= 0.6 is 0 Å². The summed E-state index contributed by atoms with van der Waals surface area (Å²) in [6, 6.07) is -1.07. The predicted molar refractivity (Wildman–Crippen MR) is 174 cm³/mol. The Hall–Kier alpha value is -3.38. The number of aliphatic carboxylic acids is 2. The van der Waals surface area contributed by atoms with E-state index in [-0.39, 0.29) is 108 Å². The first-order valence-corrected chi connectivity index (χ1v) is 16.1. The van der Waals surface area contributed by atoms with Gasteiger partial charge in [-0.3, -0.25) is 24.0 Å². The molecule has 0 saturated carbocycles. The minimum Gasteiger partial charge on any atom is -0.481 e. The number of nitrogens with two attached hydrogens (primary N) is 1. The molecular weight excluding hydrogens is 634 g/mol. The maximum Gasteiger partial charge on any atom is 0.326 e. The molecule has 17 nitrogen and oxygen atoms in total. The number of ether oxygens (including phenoxy) is 4. The second-order valence-corrected chi connectivity index (χ2v) is 12.8. The van der Waals surface area contributed by atoms with E-state index in [0.717, 1.165) is 0 Å². The Morgan fingerprint density at radius 1 is 0.625 bits per heavy atom. The smallest absolute Gasteiger partial charge is 0.326 e. The molecule has 0 fully saturated rings. The van der Waals surface area contributed by atoms with Crippen LogP contribution < -0.4 is 27.0 Å². The Kier molecular flexibility index (Phi) is 23.8. The lowest BCUT2D eigenvalue weighted by atomic mass is 9.72. The molecule has 8 N–H and O–H groups in total. The monoisotopic (exact) mass is 691 g/mol. The van der Waals surface area contributed by atoms with Crippen LogP contribution in [0.25, 0.3) is 0 Å². The van der Waals surface area contributed by atoms with E-state index in [2.05, 4.69) is 21.3 Å². The van der Waals surface area contributed by atoms with E-state index in [9.17, 15) is 33.9 Å². The highest BCUT2D eigenvalue weighted by Gasteiger charge is 2.32. The van der Waals surface area contributed by atoms with Gasteiger partial charge in [0.15, 0.2) is 0 Å². The van der Waals surface area contributed by atoms with E-state index < -0.39 is 29.3 Å². The van der Waals surface area contributed by atoms with Crippen molar-refractivity contribution >= 4 is 35.6 Å². The van der Waals surface area contributed by atoms with Crippen LogP contribution in [0.3, 0.4) is 0 Å². The molecular formula is C31H57N5O12. The molecule has 17 heteroatoms. The molecule has 1 atom stereocenters. The molecule has 0 aliphatic rings. The third kappa shape index (κ3) is 26.7. The van der Waals surface area contributed by atoms with Gasteiger partial charge >= 0.3 is 11.9 Å². The minimum absolute atomic E-state index is 0.0375. The zero-order valence-corrected chi connectivity index (χ0v) is 28.9. The molecule has 0 saturated heterocycles. The highest BCUT2D eigenvalue weighted by atomic mass is 16.5. The number of amides is 4. The third-order valence-electron chi connectivity index (χ3n) is 6.63. The highest BCUT2D eigenvalue weighted by Crippen LogP contribution is 2.38. The Balaban J connectivity index is 3.77. The van der Waals surface area contributed by atoms with Gasteiger partial charge in [0.1, 0.15) is 19.3 Å². The first-order valence-electron chi connectivity index (χ1n) is 16.1. The summed E-state index contributed by atoms with van der Waals surface area (Å²) in [6.45, 7) is 9.15. The summed E-state index contributed by atoms with van der Waals surface area (Å²) in [4.78, 5) is 69.6. The van der Waals surface area contributed by atoms with Gasteiger partial charge in [0.05, 0.1) is 52.6 Å². The van der Waals surface area contributed by atoms with Gasteiger partial charge < -0.3 is 56.2 Å². The van der Waals surface area contributed by atoms with Gasteiger partial charge in [-0.2, -0.15) is 0 Å². The van der Waals surface area contributed by atoms with Crippen molar-refractivity contribution in [3.63, 3.8) is 0 Å². The molecule has 4 amide bonds. The minimum atomic E-state index is -1.16. The lowest BCUT2D eigenvalue weighted by Crippen LogP contribution is -2.42. The van der Waals surface area contributed by atoms with Crippen molar-refractivity contribution in [3.8, 4) is 0 Å². The average Bonchev–Trinajstić information content (AvgIpc) is 2.97. The first-order chi connectivity index (χ1) is 22.6. The van der Waals surface area contributed by atoms with Crippen LogP contribution in [0.5, 0.6) is 0 Å². The van der Waals surface area contributed by atoms with E-state index in [0.29, 0.717) is 32.4 Å². The van der Waals surface area contributed by atoms with Crippen molar-refractivity contribution in [2.24, 2.45) is 16.6 Å². The van der Waals surface area contributed by atoms with Gasteiger partial charge in [-0.05, 0) is 36.5 Å². The molecule has 0 aromatic carbocycles. The lowest BCUT2D eigenvalue weighted by Gasteiger charge is -2.33. The van der Waals surface area contributed by atoms with E-state index >= 15 is 0 Å². The van der Waals surface area contributed by atoms with Gasteiger partial charge in [0, 0.05) is 26.1 Å². The van der Waals surface area contributed by atoms with Crippen LogP contribution in [-0.2, 0) is 47.7 Å². The summed E-state index contributed by atoms with van der Waals surface area (Å²) in [6.07, 6.45) is 2.13. The molecule has 0 aliphatic heterocycles. The van der Waals surface area contributed by atoms with Crippen molar-refractivity contribution in [1.29, 1.82) is 0 Å². The lowest BCUT2D eigenvalue weighted by molar-refractivity contribution is -0.143. The number of carbonyl (C=O) groups excluding carboxylic acids is 4. The zero-order chi connectivity index (χ0) is 36.4. The molecule has 0 heterocycles. The molecule has 0 radical (unpaired) electrons. The molecule has 0 aromatic rings. The van der Waals surface area contributed by atoms with E-state index in [4.69, 9.17) is 29.8 Å². The number of carbonyl (C=O) groups is 6. The summed E-state index contributed by atoms with van der Waals surface area (Å²) < 4.78 is 21.2. The second kappa shape index (κ2) is 25.6. The molecule has 0 spiro atoms. The number of rotatable bonds is 30. The van der Waals surface area contributed by atoms with Gasteiger partial charge in [-0.15, -0.1) is 0 Å². The number of carboxylic acids is 2. The summed E-state index contributed by atoms with van der Waals surface area (Å²) >= 11 is 0. The van der Waals surface area contributed by atoms with Gasteiger partial charge in [-0.25, -0.2) is 4.79 Å².